The smallest absolute Gasteiger partial charge is 0.335 e. The van der Waals surface area contributed by atoms with Crippen LogP contribution in [0.3, 0.4) is 0 Å². The number of benzene rings is 1. The second kappa shape index (κ2) is 4.89. The lowest BCUT2D eigenvalue weighted by atomic mass is 9.96. The predicted octanol–water partition coefficient (Wildman–Crippen LogP) is -0.0905. The summed E-state index contributed by atoms with van der Waals surface area (Å²) in [6.45, 7) is 0. The Balaban J connectivity index is 2.12. The Hall–Kier alpha value is -2.70. The van der Waals surface area contributed by atoms with Crippen molar-refractivity contribution < 1.29 is 24.3 Å². The van der Waals surface area contributed by atoms with Gasteiger partial charge in [0.05, 0.1) is 5.56 Å². The number of hydrogen-bond acceptors (Lipinski definition) is 4. The number of carbonyl (C=O) groups excluding carboxylic acids is 3. The molecule has 7 nitrogen and oxygen atoms in total. The lowest BCUT2D eigenvalue weighted by Crippen LogP contribution is -2.56. The first-order valence-electron chi connectivity index (χ1n) is 5.45. The number of carbonyl (C=O) groups is 4. The second-order valence-corrected chi connectivity index (χ2v) is 4.07. The van der Waals surface area contributed by atoms with E-state index in [1.54, 1.807) is 0 Å². The molecule has 0 atom stereocenters. The van der Waals surface area contributed by atoms with Crippen LogP contribution in [0.25, 0.3) is 0 Å². The summed E-state index contributed by atoms with van der Waals surface area (Å²) in [5.74, 6) is -3.36. The molecule has 0 bridgehead atoms. The van der Waals surface area contributed by atoms with Crippen molar-refractivity contribution in [2.45, 2.75) is 6.42 Å². The van der Waals surface area contributed by atoms with Gasteiger partial charge >= 0.3 is 12.0 Å². The van der Waals surface area contributed by atoms with Gasteiger partial charge in [-0.05, 0) is 24.1 Å². The molecule has 1 aliphatic heterocycles. The third kappa shape index (κ3) is 2.76. The lowest BCUT2D eigenvalue weighted by molar-refractivity contribution is -0.135. The van der Waals surface area contributed by atoms with Crippen molar-refractivity contribution in [3.8, 4) is 0 Å². The van der Waals surface area contributed by atoms with Crippen LogP contribution in [0.2, 0.25) is 0 Å². The van der Waals surface area contributed by atoms with Crippen LogP contribution in [0.1, 0.15) is 15.9 Å². The number of aromatic carboxylic acids is 1. The fourth-order valence-electron chi connectivity index (χ4n) is 1.75. The molecule has 19 heavy (non-hydrogen) atoms. The Morgan fingerprint density at radius 2 is 1.58 bits per heavy atom. The lowest BCUT2D eigenvalue weighted by Gasteiger charge is -2.20. The maximum atomic E-state index is 11.5. The van der Waals surface area contributed by atoms with E-state index in [4.69, 9.17) is 5.11 Å². The van der Waals surface area contributed by atoms with E-state index in [-0.39, 0.29) is 12.0 Å². The molecule has 2 rings (SSSR count). The van der Waals surface area contributed by atoms with Crippen molar-refractivity contribution in [3.63, 3.8) is 0 Å². The molecule has 0 spiro atoms. The highest BCUT2D eigenvalue weighted by molar-refractivity contribution is 6.16. The number of imide groups is 2. The fourth-order valence-corrected chi connectivity index (χ4v) is 1.75. The van der Waals surface area contributed by atoms with Gasteiger partial charge in [0.15, 0.2) is 0 Å². The molecule has 0 radical (unpaired) electrons. The quantitative estimate of drug-likeness (QED) is 0.659. The minimum atomic E-state index is -1.05. The summed E-state index contributed by atoms with van der Waals surface area (Å²) in [7, 11) is 0. The largest absolute Gasteiger partial charge is 0.478 e. The average Bonchev–Trinajstić information content (AvgIpc) is 2.34. The summed E-state index contributed by atoms with van der Waals surface area (Å²) in [5.41, 5.74) is 0.756. The van der Waals surface area contributed by atoms with E-state index in [2.05, 4.69) is 0 Å². The zero-order valence-corrected chi connectivity index (χ0v) is 9.67. The van der Waals surface area contributed by atoms with Crippen LogP contribution in [0.15, 0.2) is 24.3 Å². The van der Waals surface area contributed by atoms with Gasteiger partial charge in [-0.1, -0.05) is 12.1 Å². The van der Waals surface area contributed by atoms with E-state index in [0.29, 0.717) is 5.56 Å². The number of carboxylic acids is 1. The summed E-state index contributed by atoms with van der Waals surface area (Å²) < 4.78 is 0. The van der Waals surface area contributed by atoms with Crippen molar-refractivity contribution in [1.29, 1.82) is 0 Å². The molecule has 1 aliphatic rings. The van der Waals surface area contributed by atoms with Crippen molar-refractivity contribution in [2.24, 2.45) is 5.92 Å². The molecule has 0 saturated carbocycles. The zero-order chi connectivity index (χ0) is 14.0. The van der Waals surface area contributed by atoms with Crippen molar-refractivity contribution >= 4 is 23.8 Å². The van der Waals surface area contributed by atoms with Gasteiger partial charge < -0.3 is 5.11 Å². The molecule has 4 amide bonds. The van der Waals surface area contributed by atoms with Gasteiger partial charge in [0.25, 0.3) is 0 Å². The molecule has 1 aromatic rings. The van der Waals surface area contributed by atoms with E-state index in [1.807, 2.05) is 10.6 Å². The number of nitrogens with one attached hydrogen (secondary N) is 2. The van der Waals surface area contributed by atoms with Crippen LogP contribution < -0.4 is 10.6 Å². The van der Waals surface area contributed by atoms with E-state index in [1.165, 1.54) is 24.3 Å². The number of rotatable bonds is 3. The molecule has 1 saturated heterocycles. The maximum Gasteiger partial charge on any atom is 0.335 e. The number of barbiturate groups is 1. The molecule has 7 heteroatoms. The highest BCUT2D eigenvalue weighted by Gasteiger charge is 2.33. The normalized spacial score (nSPS) is 15.9. The summed E-state index contributed by atoms with van der Waals surface area (Å²) in [6, 6.07) is 5.01. The van der Waals surface area contributed by atoms with Gasteiger partial charge in [-0.3, -0.25) is 20.2 Å². The van der Waals surface area contributed by atoms with Crippen LogP contribution >= 0.6 is 0 Å². The van der Waals surface area contributed by atoms with E-state index in [9.17, 15) is 19.2 Å². The molecule has 0 aliphatic carbocycles. The summed E-state index contributed by atoms with van der Waals surface area (Å²) >= 11 is 0. The molecule has 1 fully saturated rings. The van der Waals surface area contributed by atoms with Crippen molar-refractivity contribution in [1.82, 2.24) is 10.6 Å². The summed E-state index contributed by atoms with van der Waals surface area (Å²) in [6.07, 6.45) is 0.102. The number of carboxylic acid groups (broad SMARTS) is 1. The Bertz CT molecular complexity index is 544. The van der Waals surface area contributed by atoms with E-state index < -0.39 is 29.7 Å². The summed E-state index contributed by atoms with van der Waals surface area (Å²) in [4.78, 5) is 44.6. The first-order chi connectivity index (χ1) is 8.97. The molecule has 0 unspecified atom stereocenters. The molecule has 1 aromatic carbocycles. The highest BCUT2D eigenvalue weighted by Crippen LogP contribution is 2.13. The zero-order valence-electron chi connectivity index (χ0n) is 9.67. The van der Waals surface area contributed by atoms with Gasteiger partial charge in [0.1, 0.15) is 5.92 Å². The van der Waals surface area contributed by atoms with Gasteiger partial charge in [0.2, 0.25) is 11.8 Å². The van der Waals surface area contributed by atoms with E-state index in [0.717, 1.165) is 0 Å². The van der Waals surface area contributed by atoms with Crippen LogP contribution in [0, 0.1) is 5.92 Å². The highest BCUT2D eigenvalue weighted by atomic mass is 16.4. The SMILES string of the molecule is O=C1NC(=O)C(Cc2ccc(C(=O)O)cc2)C(=O)N1. The molecule has 1 heterocycles. The Kier molecular flexibility index (Phi) is 3.28. The topological polar surface area (TPSA) is 113 Å². The first kappa shape index (κ1) is 12.7. The molecule has 0 aromatic heterocycles. The molecule has 3 N–H and O–H groups in total. The third-order valence-electron chi connectivity index (χ3n) is 2.75. The van der Waals surface area contributed by atoms with Crippen LogP contribution in [-0.4, -0.2) is 28.9 Å². The van der Waals surface area contributed by atoms with Crippen LogP contribution in [0.5, 0.6) is 0 Å². The number of urea groups is 1. The molecular weight excluding hydrogens is 252 g/mol. The minimum absolute atomic E-state index is 0.102. The third-order valence-corrected chi connectivity index (χ3v) is 2.75. The number of hydrogen-bond donors (Lipinski definition) is 3. The molecule has 98 valence electrons. The molecular formula is C12H10N2O5. The monoisotopic (exact) mass is 262 g/mol. The van der Waals surface area contributed by atoms with Crippen molar-refractivity contribution in [3.05, 3.63) is 35.4 Å². The van der Waals surface area contributed by atoms with Crippen LogP contribution in [-0.2, 0) is 16.0 Å². The Labute approximate surface area is 107 Å². The van der Waals surface area contributed by atoms with Gasteiger partial charge in [-0.2, -0.15) is 0 Å². The second-order valence-electron chi connectivity index (χ2n) is 4.07. The number of amides is 4. The van der Waals surface area contributed by atoms with Crippen molar-refractivity contribution in [2.75, 3.05) is 0 Å². The average molecular weight is 262 g/mol. The minimum Gasteiger partial charge on any atom is -0.478 e. The Morgan fingerprint density at radius 3 is 2.05 bits per heavy atom. The fraction of sp³-hybridized carbons (Fsp3) is 0.167. The Morgan fingerprint density at radius 1 is 1.05 bits per heavy atom. The van der Waals surface area contributed by atoms with Gasteiger partial charge in [0, 0.05) is 0 Å². The van der Waals surface area contributed by atoms with Gasteiger partial charge in [-0.15, -0.1) is 0 Å². The van der Waals surface area contributed by atoms with Gasteiger partial charge in [-0.25, -0.2) is 9.59 Å². The van der Waals surface area contributed by atoms with Crippen LogP contribution in [0.4, 0.5) is 4.79 Å². The van der Waals surface area contributed by atoms with E-state index >= 15 is 0 Å². The first-order valence-corrected chi connectivity index (χ1v) is 5.45. The summed E-state index contributed by atoms with van der Waals surface area (Å²) in [5, 5.41) is 12.8. The maximum absolute atomic E-state index is 11.5. The predicted molar refractivity (Wildman–Crippen MR) is 62.3 cm³/mol. The standard InChI is InChI=1S/C12H10N2O5/c15-9-8(10(16)14-12(19)13-9)5-6-1-3-7(4-2-6)11(17)18/h1-4,8H,5H2,(H,17,18)(H2,13,14,15,16,19).